The van der Waals surface area contributed by atoms with E-state index < -0.39 is 0 Å². The van der Waals surface area contributed by atoms with Gasteiger partial charge in [-0.1, -0.05) is 12.1 Å². The van der Waals surface area contributed by atoms with E-state index in [9.17, 15) is 4.39 Å². The van der Waals surface area contributed by atoms with Gasteiger partial charge in [0, 0.05) is 29.9 Å². The fourth-order valence-corrected chi connectivity index (χ4v) is 2.28. The molecule has 0 atom stereocenters. The summed E-state index contributed by atoms with van der Waals surface area (Å²) < 4.78 is 19.4. The number of fused-ring (bicyclic) bond motifs is 1. The van der Waals surface area contributed by atoms with Crippen LogP contribution in [0.15, 0.2) is 24.3 Å². The van der Waals surface area contributed by atoms with Gasteiger partial charge in [-0.2, -0.15) is 0 Å². The number of nitrogens with zero attached hydrogens (tertiary/aromatic N) is 1. The number of aryl methyl sites for hydroxylation is 1. The first kappa shape index (κ1) is 13.3. The summed E-state index contributed by atoms with van der Waals surface area (Å²) in [6.45, 7) is 4.14. The molecule has 1 N–H and O–H groups in total. The van der Waals surface area contributed by atoms with Crippen LogP contribution in [0.4, 0.5) is 10.1 Å². The predicted octanol–water partition coefficient (Wildman–Crippen LogP) is 3.52. The molecule has 4 heteroatoms. The van der Waals surface area contributed by atoms with Crippen molar-refractivity contribution in [3.63, 3.8) is 0 Å². The fourth-order valence-electron chi connectivity index (χ4n) is 2.28. The first-order valence-corrected chi connectivity index (χ1v) is 7.11. The zero-order chi connectivity index (χ0) is 13.9. The van der Waals surface area contributed by atoms with Crippen molar-refractivity contribution < 1.29 is 9.13 Å². The van der Waals surface area contributed by atoms with Crippen molar-refractivity contribution in [3.05, 3.63) is 35.8 Å². The van der Waals surface area contributed by atoms with Gasteiger partial charge in [-0.3, -0.25) is 0 Å². The fraction of sp³-hybridized carbons (Fsp3) is 0.438. The maximum Gasteiger partial charge on any atom is 0.149 e. The van der Waals surface area contributed by atoms with Crippen LogP contribution in [0.3, 0.4) is 0 Å². The summed E-state index contributed by atoms with van der Waals surface area (Å²) in [7, 11) is 0. The van der Waals surface area contributed by atoms with E-state index in [1.807, 2.05) is 19.1 Å². The molecule has 0 amide bonds. The number of hydrogen-bond acceptors (Lipinski definition) is 3. The maximum absolute atomic E-state index is 13.8. The first-order chi connectivity index (χ1) is 9.74. The van der Waals surface area contributed by atoms with Gasteiger partial charge in [0.2, 0.25) is 0 Å². The Balaban J connectivity index is 1.68. The third-order valence-corrected chi connectivity index (χ3v) is 3.53. The van der Waals surface area contributed by atoms with Crippen molar-refractivity contribution in [2.24, 2.45) is 5.92 Å². The number of benzene rings is 1. The molecule has 0 aliphatic heterocycles. The Morgan fingerprint density at radius 1 is 1.40 bits per heavy atom. The molecule has 3 rings (SSSR count). The molecule has 3 nitrogen and oxygen atoms in total. The summed E-state index contributed by atoms with van der Waals surface area (Å²) in [6, 6.07) is 6.99. The van der Waals surface area contributed by atoms with Gasteiger partial charge in [0.15, 0.2) is 0 Å². The number of anilines is 1. The SMILES string of the molecule is Cc1cc(NCCOCC2CC2)c2cccc(F)c2n1. The van der Waals surface area contributed by atoms with Crippen LogP contribution >= 0.6 is 0 Å². The van der Waals surface area contributed by atoms with E-state index in [1.165, 1.54) is 18.9 Å². The highest BCUT2D eigenvalue weighted by molar-refractivity contribution is 5.91. The highest BCUT2D eigenvalue weighted by atomic mass is 19.1. The monoisotopic (exact) mass is 274 g/mol. The minimum atomic E-state index is -0.278. The van der Waals surface area contributed by atoms with Gasteiger partial charge >= 0.3 is 0 Å². The molecule has 1 aromatic carbocycles. The van der Waals surface area contributed by atoms with Gasteiger partial charge in [0.25, 0.3) is 0 Å². The van der Waals surface area contributed by atoms with Crippen LogP contribution in [0.5, 0.6) is 0 Å². The minimum Gasteiger partial charge on any atom is -0.382 e. The number of pyridine rings is 1. The third-order valence-electron chi connectivity index (χ3n) is 3.53. The van der Waals surface area contributed by atoms with E-state index in [2.05, 4.69) is 10.3 Å². The van der Waals surface area contributed by atoms with Crippen LogP contribution in [0.1, 0.15) is 18.5 Å². The van der Waals surface area contributed by atoms with Crippen LogP contribution in [0.25, 0.3) is 10.9 Å². The number of nitrogens with one attached hydrogen (secondary N) is 1. The summed E-state index contributed by atoms with van der Waals surface area (Å²) >= 11 is 0. The molecule has 0 unspecified atom stereocenters. The molecule has 1 aliphatic rings. The number of hydrogen-bond donors (Lipinski definition) is 1. The van der Waals surface area contributed by atoms with E-state index in [0.717, 1.165) is 35.8 Å². The molecule has 2 aromatic rings. The molecule has 0 spiro atoms. The molecule has 1 fully saturated rings. The summed E-state index contributed by atoms with van der Waals surface area (Å²) in [5, 5.41) is 4.14. The van der Waals surface area contributed by atoms with Gasteiger partial charge in [0.05, 0.1) is 6.61 Å². The Kier molecular flexibility index (Phi) is 3.83. The van der Waals surface area contributed by atoms with Crippen LogP contribution < -0.4 is 5.32 Å². The van der Waals surface area contributed by atoms with Gasteiger partial charge in [0.1, 0.15) is 11.3 Å². The summed E-state index contributed by atoms with van der Waals surface area (Å²) in [6.07, 6.45) is 2.61. The van der Waals surface area contributed by atoms with Gasteiger partial charge in [-0.15, -0.1) is 0 Å². The smallest absolute Gasteiger partial charge is 0.149 e. The lowest BCUT2D eigenvalue weighted by Gasteiger charge is -2.11. The molecule has 20 heavy (non-hydrogen) atoms. The first-order valence-electron chi connectivity index (χ1n) is 7.11. The predicted molar refractivity (Wildman–Crippen MR) is 78.5 cm³/mol. The lowest BCUT2D eigenvalue weighted by Crippen LogP contribution is -2.11. The number of ether oxygens (including phenoxy) is 1. The Morgan fingerprint density at radius 2 is 2.25 bits per heavy atom. The second-order valence-electron chi connectivity index (χ2n) is 5.39. The van der Waals surface area contributed by atoms with Crippen molar-refractivity contribution >= 4 is 16.6 Å². The van der Waals surface area contributed by atoms with E-state index in [4.69, 9.17) is 4.74 Å². The largest absolute Gasteiger partial charge is 0.382 e. The lowest BCUT2D eigenvalue weighted by atomic mass is 10.1. The summed E-state index contributed by atoms with van der Waals surface area (Å²) in [4.78, 5) is 4.27. The topological polar surface area (TPSA) is 34.1 Å². The molecule has 1 aromatic heterocycles. The highest BCUT2D eigenvalue weighted by Gasteiger charge is 2.20. The average Bonchev–Trinajstić information content (AvgIpc) is 3.23. The van der Waals surface area contributed by atoms with Gasteiger partial charge in [-0.05, 0) is 37.8 Å². The third kappa shape index (κ3) is 3.07. The second kappa shape index (κ2) is 5.75. The molecular weight excluding hydrogens is 255 g/mol. The zero-order valence-corrected chi connectivity index (χ0v) is 11.7. The van der Waals surface area contributed by atoms with E-state index in [-0.39, 0.29) is 5.82 Å². The van der Waals surface area contributed by atoms with Crippen LogP contribution in [0, 0.1) is 18.7 Å². The van der Waals surface area contributed by atoms with E-state index in [0.29, 0.717) is 12.1 Å². The number of rotatable bonds is 6. The molecule has 1 aliphatic carbocycles. The lowest BCUT2D eigenvalue weighted by molar-refractivity contribution is 0.134. The van der Waals surface area contributed by atoms with Gasteiger partial charge < -0.3 is 10.1 Å². The summed E-state index contributed by atoms with van der Waals surface area (Å²) in [5.74, 6) is 0.507. The van der Waals surface area contributed by atoms with Crippen molar-refractivity contribution in [3.8, 4) is 0 Å². The Bertz CT molecular complexity index is 611. The van der Waals surface area contributed by atoms with Crippen molar-refractivity contribution in [1.82, 2.24) is 4.98 Å². The minimum absolute atomic E-state index is 0.278. The molecule has 0 bridgehead atoms. The van der Waals surface area contributed by atoms with Crippen LogP contribution in [-0.2, 0) is 4.74 Å². The van der Waals surface area contributed by atoms with Crippen LogP contribution in [-0.4, -0.2) is 24.7 Å². The number of aromatic nitrogens is 1. The Morgan fingerprint density at radius 3 is 3.05 bits per heavy atom. The normalized spacial score (nSPS) is 14.7. The average molecular weight is 274 g/mol. The molecular formula is C16H19FN2O. The van der Waals surface area contributed by atoms with Crippen molar-refractivity contribution in [2.45, 2.75) is 19.8 Å². The Labute approximate surface area is 118 Å². The van der Waals surface area contributed by atoms with Crippen molar-refractivity contribution in [2.75, 3.05) is 25.1 Å². The summed E-state index contributed by atoms with van der Waals surface area (Å²) in [5.41, 5.74) is 2.15. The zero-order valence-electron chi connectivity index (χ0n) is 11.7. The van der Waals surface area contributed by atoms with Crippen LogP contribution in [0.2, 0.25) is 0 Å². The number of halogens is 1. The quantitative estimate of drug-likeness (QED) is 0.818. The molecule has 1 saturated carbocycles. The highest BCUT2D eigenvalue weighted by Crippen LogP contribution is 2.28. The standard InChI is InChI=1S/C16H19FN2O/c1-11-9-15(18-7-8-20-10-12-5-6-12)13-3-2-4-14(17)16(13)19-11/h2-4,9,12H,5-8,10H2,1H3,(H,18,19). The molecule has 106 valence electrons. The molecule has 0 radical (unpaired) electrons. The molecule has 0 saturated heterocycles. The van der Waals surface area contributed by atoms with E-state index in [1.54, 1.807) is 6.07 Å². The number of para-hydroxylation sites is 1. The van der Waals surface area contributed by atoms with Crippen molar-refractivity contribution in [1.29, 1.82) is 0 Å². The molecule has 1 heterocycles. The van der Waals surface area contributed by atoms with E-state index >= 15 is 0 Å². The second-order valence-corrected chi connectivity index (χ2v) is 5.39. The Hall–Kier alpha value is -1.68. The van der Waals surface area contributed by atoms with Gasteiger partial charge in [-0.25, -0.2) is 9.37 Å². The maximum atomic E-state index is 13.8.